The summed E-state index contributed by atoms with van der Waals surface area (Å²) in [6.45, 7) is 4.43. The van der Waals surface area contributed by atoms with E-state index in [1.807, 2.05) is 0 Å². The molecule has 6 nitrogen and oxygen atoms in total. The van der Waals surface area contributed by atoms with Crippen LogP contribution in [0.15, 0.2) is 11.2 Å². The van der Waals surface area contributed by atoms with Crippen molar-refractivity contribution in [3.8, 4) is 0 Å². The molecule has 0 saturated carbocycles. The topological polar surface area (TPSA) is 67.2 Å². The summed E-state index contributed by atoms with van der Waals surface area (Å²) in [6, 6.07) is 0. The van der Waals surface area contributed by atoms with Crippen LogP contribution < -0.4 is 5.32 Å². The Morgan fingerprint density at radius 3 is 2.67 bits per heavy atom. The van der Waals surface area contributed by atoms with Crippen LogP contribution in [0.1, 0.15) is 12.2 Å². The molecule has 1 aliphatic heterocycles. The predicted octanol–water partition coefficient (Wildman–Crippen LogP) is 0.134. The molecule has 0 spiro atoms. The fourth-order valence-electron chi connectivity index (χ4n) is 1.84. The fraction of sp³-hybridized carbons (Fsp3) is 0.700. The molecule has 0 unspecified atom stereocenters. The average Bonchev–Trinajstić information content (AvgIpc) is 2.54. The Balaban J connectivity index is 0.00000162. The van der Waals surface area contributed by atoms with Crippen molar-refractivity contribution >= 4 is 22.4 Å². The van der Waals surface area contributed by atoms with Crippen LogP contribution in [0, 0.1) is 6.92 Å². The van der Waals surface area contributed by atoms with Crippen LogP contribution in [0.25, 0.3) is 0 Å². The molecular formula is C10H19ClN4O2S. The molecule has 0 aromatic carbocycles. The zero-order chi connectivity index (χ0) is 12.5. The lowest BCUT2D eigenvalue weighted by Crippen LogP contribution is -2.34. The van der Waals surface area contributed by atoms with Crippen LogP contribution in [-0.4, -0.2) is 48.5 Å². The monoisotopic (exact) mass is 294 g/mol. The maximum atomic E-state index is 12.3. The molecule has 1 aromatic rings. The summed E-state index contributed by atoms with van der Waals surface area (Å²) < 4.78 is 27.9. The number of sulfonamides is 1. The van der Waals surface area contributed by atoms with Crippen molar-refractivity contribution in [3.63, 3.8) is 0 Å². The van der Waals surface area contributed by atoms with Crippen molar-refractivity contribution < 1.29 is 8.42 Å². The van der Waals surface area contributed by atoms with Crippen molar-refractivity contribution in [3.05, 3.63) is 12.0 Å². The lowest BCUT2D eigenvalue weighted by molar-refractivity contribution is 0.430. The zero-order valence-electron chi connectivity index (χ0n) is 10.6. The standard InChI is InChI=1S/C10H18N4O2S.ClH/c1-9-12-10(8-13(9)2)17(15,16)14-6-3-4-11-5-7-14;/h8,11H,3-7H2,1-2H3;1H. The smallest absolute Gasteiger partial charge is 0.262 e. The van der Waals surface area contributed by atoms with E-state index in [4.69, 9.17) is 0 Å². The zero-order valence-corrected chi connectivity index (χ0v) is 12.2. The normalized spacial score (nSPS) is 18.1. The van der Waals surface area contributed by atoms with Crippen molar-refractivity contribution in [2.24, 2.45) is 7.05 Å². The number of nitrogens with one attached hydrogen (secondary N) is 1. The van der Waals surface area contributed by atoms with Gasteiger partial charge < -0.3 is 9.88 Å². The van der Waals surface area contributed by atoms with Crippen molar-refractivity contribution in [2.45, 2.75) is 18.4 Å². The minimum Gasteiger partial charge on any atom is -0.337 e. The van der Waals surface area contributed by atoms with Gasteiger partial charge in [-0.1, -0.05) is 0 Å². The summed E-state index contributed by atoms with van der Waals surface area (Å²) in [4.78, 5) is 4.10. The first-order valence-electron chi connectivity index (χ1n) is 5.72. The number of nitrogens with zero attached hydrogens (tertiary/aromatic N) is 3. The minimum absolute atomic E-state index is 0. The summed E-state index contributed by atoms with van der Waals surface area (Å²) in [5.74, 6) is 0.705. The number of hydrogen-bond donors (Lipinski definition) is 1. The maximum Gasteiger partial charge on any atom is 0.262 e. The lowest BCUT2D eigenvalue weighted by atomic mass is 10.4. The Morgan fingerprint density at radius 2 is 2.06 bits per heavy atom. The molecule has 2 rings (SSSR count). The Kier molecular flexibility index (Phi) is 5.15. The molecule has 0 radical (unpaired) electrons. The van der Waals surface area contributed by atoms with Gasteiger partial charge in [-0.3, -0.25) is 0 Å². The highest BCUT2D eigenvalue weighted by atomic mass is 35.5. The van der Waals surface area contributed by atoms with E-state index in [9.17, 15) is 8.42 Å². The van der Waals surface area contributed by atoms with Gasteiger partial charge >= 0.3 is 0 Å². The molecule has 0 bridgehead atoms. The largest absolute Gasteiger partial charge is 0.337 e. The summed E-state index contributed by atoms with van der Waals surface area (Å²) in [5, 5.41) is 3.34. The summed E-state index contributed by atoms with van der Waals surface area (Å²) in [7, 11) is -1.63. The summed E-state index contributed by atoms with van der Waals surface area (Å²) in [5.41, 5.74) is 0. The lowest BCUT2D eigenvalue weighted by Gasteiger charge is -2.17. The Labute approximate surface area is 114 Å². The number of hydrogen-bond acceptors (Lipinski definition) is 4. The van der Waals surface area contributed by atoms with Gasteiger partial charge in [-0.2, -0.15) is 4.31 Å². The molecule has 0 aliphatic carbocycles. The average molecular weight is 295 g/mol. The third kappa shape index (κ3) is 3.03. The van der Waals surface area contributed by atoms with Gasteiger partial charge in [0.25, 0.3) is 10.0 Å². The van der Waals surface area contributed by atoms with Gasteiger partial charge in [0.1, 0.15) is 5.82 Å². The van der Waals surface area contributed by atoms with Gasteiger partial charge in [-0.25, -0.2) is 13.4 Å². The van der Waals surface area contributed by atoms with Crippen LogP contribution in [-0.2, 0) is 17.1 Å². The molecule has 1 N–H and O–H groups in total. The van der Waals surface area contributed by atoms with E-state index < -0.39 is 10.0 Å². The van der Waals surface area contributed by atoms with E-state index in [0.717, 1.165) is 13.0 Å². The Hall–Kier alpha value is -0.630. The van der Waals surface area contributed by atoms with Gasteiger partial charge in [0, 0.05) is 32.9 Å². The molecule has 2 heterocycles. The Morgan fingerprint density at radius 1 is 1.33 bits per heavy atom. The fourth-order valence-corrected chi connectivity index (χ4v) is 3.35. The van der Waals surface area contributed by atoms with E-state index in [1.54, 1.807) is 24.7 Å². The summed E-state index contributed by atoms with van der Waals surface area (Å²) >= 11 is 0. The maximum absolute atomic E-state index is 12.3. The van der Waals surface area contributed by atoms with Crippen molar-refractivity contribution in [1.82, 2.24) is 19.2 Å². The molecule has 1 fully saturated rings. The Bertz CT molecular complexity index is 472. The number of aromatic nitrogens is 2. The number of imidazole rings is 1. The molecule has 18 heavy (non-hydrogen) atoms. The second-order valence-corrected chi connectivity index (χ2v) is 6.13. The molecule has 0 atom stereocenters. The van der Waals surface area contributed by atoms with Gasteiger partial charge in [0.2, 0.25) is 0 Å². The molecule has 1 aliphatic rings. The molecule has 104 valence electrons. The predicted molar refractivity (Wildman–Crippen MR) is 71.4 cm³/mol. The van der Waals surface area contributed by atoms with E-state index in [2.05, 4.69) is 10.3 Å². The van der Waals surface area contributed by atoms with Crippen LogP contribution in [0.3, 0.4) is 0 Å². The molecule has 1 aromatic heterocycles. The number of rotatable bonds is 2. The number of aryl methyl sites for hydroxylation is 2. The van der Waals surface area contributed by atoms with E-state index in [-0.39, 0.29) is 17.4 Å². The van der Waals surface area contributed by atoms with Gasteiger partial charge in [0.05, 0.1) is 0 Å². The van der Waals surface area contributed by atoms with Crippen molar-refractivity contribution in [1.29, 1.82) is 0 Å². The third-order valence-electron chi connectivity index (χ3n) is 2.99. The van der Waals surface area contributed by atoms with Gasteiger partial charge in [-0.05, 0) is 19.9 Å². The highest BCUT2D eigenvalue weighted by Gasteiger charge is 2.27. The van der Waals surface area contributed by atoms with Gasteiger partial charge in [-0.15, -0.1) is 12.4 Å². The molecule has 0 amide bonds. The third-order valence-corrected chi connectivity index (χ3v) is 4.76. The molecule has 8 heteroatoms. The number of halogens is 1. The second kappa shape index (κ2) is 6.01. The van der Waals surface area contributed by atoms with Gasteiger partial charge in [0.15, 0.2) is 5.03 Å². The van der Waals surface area contributed by atoms with Crippen LogP contribution in [0.4, 0.5) is 0 Å². The first-order valence-corrected chi connectivity index (χ1v) is 7.16. The molecule has 1 saturated heterocycles. The van der Waals surface area contributed by atoms with Crippen LogP contribution in [0.5, 0.6) is 0 Å². The summed E-state index contributed by atoms with van der Waals surface area (Å²) in [6.07, 6.45) is 2.41. The quantitative estimate of drug-likeness (QED) is 0.842. The van der Waals surface area contributed by atoms with E-state index >= 15 is 0 Å². The highest BCUT2D eigenvalue weighted by Crippen LogP contribution is 2.15. The first kappa shape index (κ1) is 15.4. The van der Waals surface area contributed by atoms with Crippen molar-refractivity contribution in [2.75, 3.05) is 26.2 Å². The van der Waals surface area contributed by atoms with Crippen LogP contribution >= 0.6 is 12.4 Å². The molecular weight excluding hydrogens is 276 g/mol. The van der Waals surface area contributed by atoms with Crippen LogP contribution in [0.2, 0.25) is 0 Å². The van der Waals surface area contributed by atoms with E-state index in [1.165, 1.54) is 4.31 Å². The highest BCUT2D eigenvalue weighted by molar-refractivity contribution is 7.89. The second-order valence-electron chi connectivity index (χ2n) is 4.24. The minimum atomic E-state index is -3.43. The van der Waals surface area contributed by atoms with E-state index in [0.29, 0.717) is 25.5 Å². The first-order chi connectivity index (χ1) is 8.01. The SMILES string of the molecule is Cc1nc(S(=O)(=O)N2CCCNCC2)cn1C.Cl.